The van der Waals surface area contributed by atoms with Gasteiger partial charge in [0.25, 0.3) is 0 Å². The summed E-state index contributed by atoms with van der Waals surface area (Å²) in [6.07, 6.45) is 2.94. The van der Waals surface area contributed by atoms with E-state index in [0.717, 1.165) is 12.8 Å². The summed E-state index contributed by atoms with van der Waals surface area (Å²) in [5.41, 5.74) is 0. The third-order valence-electron chi connectivity index (χ3n) is 4.23. The van der Waals surface area contributed by atoms with Crippen LogP contribution in [-0.2, 0) is 14.6 Å². The molecule has 1 atom stereocenters. The highest BCUT2D eigenvalue weighted by atomic mass is 32.2. The van der Waals surface area contributed by atoms with Crippen LogP contribution in [0.5, 0.6) is 0 Å². The third kappa shape index (κ3) is 4.87. The van der Waals surface area contributed by atoms with E-state index in [1.165, 1.54) is 0 Å². The van der Waals surface area contributed by atoms with E-state index in [2.05, 4.69) is 5.32 Å². The lowest BCUT2D eigenvalue weighted by molar-refractivity contribution is -0.137. The van der Waals surface area contributed by atoms with E-state index in [1.807, 2.05) is 0 Å². The van der Waals surface area contributed by atoms with Gasteiger partial charge >= 0.3 is 12.0 Å². The van der Waals surface area contributed by atoms with Crippen molar-refractivity contribution in [1.29, 1.82) is 0 Å². The molecule has 0 aromatic carbocycles. The summed E-state index contributed by atoms with van der Waals surface area (Å²) in [4.78, 5) is 24.3. The molecule has 0 radical (unpaired) electrons. The predicted molar refractivity (Wildman–Crippen MR) is 76.8 cm³/mol. The van der Waals surface area contributed by atoms with Gasteiger partial charge in [-0.15, -0.1) is 0 Å². The molecule has 0 aromatic heterocycles. The van der Waals surface area contributed by atoms with Gasteiger partial charge in [-0.2, -0.15) is 0 Å². The fourth-order valence-corrected chi connectivity index (χ4v) is 4.60. The maximum Gasteiger partial charge on any atom is 0.317 e. The Kier molecular flexibility index (Phi) is 5.08. The molecule has 21 heavy (non-hydrogen) atoms. The van der Waals surface area contributed by atoms with Crippen LogP contribution in [0.3, 0.4) is 0 Å². The van der Waals surface area contributed by atoms with Crippen LogP contribution in [0.2, 0.25) is 0 Å². The molecule has 0 bridgehead atoms. The van der Waals surface area contributed by atoms with E-state index in [4.69, 9.17) is 5.11 Å². The summed E-state index contributed by atoms with van der Waals surface area (Å²) in [7, 11) is -2.98. The number of nitrogens with one attached hydrogen (secondary N) is 1. The van der Waals surface area contributed by atoms with Crippen LogP contribution >= 0.6 is 0 Å². The fourth-order valence-electron chi connectivity index (χ4n) is 2.93. The molecule has 2 aliphatic rings. The Morgan fingerprint density at radius 2 is 1.86 bits per heavy atom. The highest BCUT2D eigenvalue weighted by molar-refractivity contribution is 7.91. The Balaban J connectivity index is 1.72. The molecule has 0 saturated carbocycles. The first kappa shape index (κ1) is 16.1. The van der Waals surface area contributed by atoms with Crippen LogP contribution in [0.15, 0.2) is 0 Å². The minimum atomic E-state index is -2.98. The molecule has 0 spiro atoms. The smallest absolute Gasteiger partial charge is 0.317 e. The normalized spacial score (nSPS) is 25.7. The van der Waals surface area contributed by atoms with Crippen molar-refractivity contribution in [2.24, 2.45) is 5.92 Å². The van der Waals surface area contributed by atoms with Crippen molar-refractivity contribution in [3.05, 3.63) is 0 Å². The SMILES string of the molecule is O=C(O)CCC1CCN(C(=O)NC2CCS(=O)(=O)C2)CC1. The van der Waals surface area contributed by atoms with E-state index in [-0.39, 0.29) is 30.0 Å². The van der Waals surface area contributed by atoms with E-state index in [1.54, 1.807) is 4.90 Å². The van der Waals surface area contributed by atoms with E-state index >= 15 is 0 Å². The summed E-state index contributed by atoms with van der Waals surface area (Å²) in [6, 6.07) is -0.471. The molecular formula is C13H22N2O5S. The van der Waals surface area contributed by atoms with Gasteiger partial charge < -0.3 is 15.3 Å². The van der Waals surface area contributed by atoms with Crippen molar-refractivity contribution in [3.8, 4) is 0 Å². The average molecular weight is 318 g/mol. The first-order chi connectivity index (χ1) is 9.85. The summed E-state index contributed by atoms with van der Waals surface area (Å²) in [5.74, 6) is -0.238. The summed E-state index contributed by atoms with van der Waals surface area (Å²) in [5, 5.41) is 11.4. The van der Waals surface area contributed by atoms with Crippen LogP contribution in [0.25, 0.3) is 0 Å². The quantitative estimate of drug-likeness (QED) is 0.783. The van der Waals surface area contributed by atoms with Crippen molar-refractivity contribution in [2.75, 3.05) is 24.6 Å². The summed E-state index contributed by atoms with van der Waals surface area (Å²) in [6.45, 7) is 1.21. The first-order valence-corrected chi connectivity index (χ1v) is 9.15. The molecule has 2 aliphatic heterocycles. The van der Waals surface area contributed by atoms with Crippen LogP contribution in [0, 0.1) is 5.92 Å². The van der Waals surface area contributed by atoms with Crippen LogP contribution < -0.4 is 5.32 Å². The van der Waals surface area contributed by atoms with Crippen LogP contribution in [-0.4, -0.2) is 61.1 Å². The molecule has 2 fully saturated rings. The number of amides is 2. The number of likely N-dealkylation sites (tertiary alicyclic amines) is 1. The number of hydrogen-bond acceptors (Lipinski definition) is 4. The number of carbonyl (C=O) groups is 2. The van der Waals surface area contributed by atoms with E-state index < -0.39 is 15.8 Å². The summed E-state index contributed by atoms with van der Waals surface area (Å²) >= 11 is 0. The van der Waals surface area contributed by atoms with Crippen molar-refractivity contribution < 1.29 is 23.1 Å². The van der Waals surface area contributed by atoms with Gasteiger partial charge in [0, 0.05) is 25.6 Å². The predicted octanol–water partition coefficient (Wildman–Crippen LogP) is 0.460. The van der Waals surface area contributed by atoms with Gasteiger partial charge in [0.2, 0.25) is 0 Å². The minimum Gasteiger partial charge on any atom is -0.481 e. The number of urea groups is 1. The lowest BCUT2D eigenvalue weighted by Gasteiger charge is -2.32. The third-order valence-corrected chi connectivity index (χ3v) is 6.00. The number of piperidine rings is 1. The van der Waals surface area contributed by atoms with Gasteiger partial charge in [0.05, 0.1) is 11.5 Å². The molecule has 120 valence electrons. The highest BCUT2D eigenvalue weighted by Gasteiger charge is 2.31. The van der Waals surface area contributed by atoms with Crippen molar-refractivity contribution in [1.82, 2.24) is 10.2 Å². The Labute approximate surface area is 124 Å². The molecule has 7 nitrogen and oxygen atoms in total. The van der Waals surface area contributed by atoms with E-state index in [0.29, 0.717) is 31.8 Å². The molecule has 1 unspecified atom stereocenters. The van der Waals surface area contributed by atoms with Gasteiger partial charge in [0.1, 0.15) is 0 Å². The van der Waals surface area contributed by atoms with Gasteiger partial charge in [-0.1, -0.05) is 0 Å². The maximum absolute atomic E-state index is 12.1. The van der Waals surface area contributed by atoms with E-state index in [9.17, 15) is 18.0 Å². The number of sulfone groups is 1. The lowest BCUT2D eigenvalue weighted by atomic mass is 9.92. The average Bonchev–Trinajstić information content (AvgIpc) is 2.76. The van der Waals surface area contributed by atoms with Gasteiger partial charge in [0.15, 0.2) is 9.84 Å². The molecule has 8 heteroatoms. The standard InChI is InChI=1S/C13H22N2O5S/c16-12(17)2-1-10-3-6-15(7-4-10)13(18)14-11-5-8-21(19,20)9-11/h10-11H,1-9H2,(H,14,18)(H,16,17). The Bertz CT molecular complexity index is 497. The molecule has 2 heterocycles. The number of rotatable bonds is 4. The molecule has 2 saturated heterocycles. The largest absolute Gasteiger partial charge is 0.481 e. The second-order valence-electron chi connectivity index (χ2n) is 5.91. The van der Waals surface area contributed by atoms with Gasteiger partial charge in [-0.25, -0.2) is 13.2 Å². The highest BCUT2D eigenvalue weighted by Crippen LogP contribution is 2.22. The lowest BCUT2D eigenvalue weighted by Crippen LogP contribution is -2.48. The van der Waals surface area contributed by atoms with Crippen molar-refractivity contribution >= 4 is 21.8 Å². The number of carboxylic acid groups (broad SMARTS) is 1. The van der Waals surface area contributed by atoms with Crippen LogP contribution in [0.1, 0.15) is 32.1 Å². The molecule has 0 aliphatic carbocycles. The maximum atomic E-state index is 12.1. The monoisotopic (exact) mass is 318 g/mol. The van der Waals surface area contributed by atoms with Crippen molar-refractivity contribution in [3.63, 3.8) is 0 Å². The number of nitrogens with zero attached hydrogens (tertiary/aromatic N) is 1. The molecule has 2 rings (SSSR count). The Morgan fingerprint density at radius 3 is 2.38 bits per heavy atom. The fraction of sp³-hybridized carbons (Fsp3) is 0.846. The molecule has 2 amide bonds. The zero-order valence-electron chi connectivity index (χ0n) is 12.0. The number of aliphatic carboxylic acids is 1. The minimum absolute atomic E-state index is 0.0355. The zero-order chi connectivity index (χ0) is 15.5. The van der Waals surface area contributed by atoms with Gasteiger partial charge in [-0.3, -0.25) is 4.79 Å². The number of carbonyl (C=O) groups excluding carboxylic acids is 1. The zero-order valence-corrected chi connectivity index (χ0v) is 12.8. The molecule has 0 aromatic rings. The first-order valence-electron chi connectivity index (χ1n) is 7.33. The summed E-state index contributed by atoms with van der Waals surface area (Å²) < 4.78 is 22.7. The van der Waals surface area contributed by atoms with Crippen molar-refractivity contribution in [2.45, 2.75) is 38.1 Å². The number of hydrogen-bond donors (Lipinski definition) is 2. The topological polar surface area (TPSA) is 104 Å². The van der Waals surface area contributed by atoms with Crippen LogP contribution in [0.4, 0.5) is 4.79 Å². The molecular weight excluding hydrogens is 296 g/mol. The molecule has 2 N–H and O–H groups in total. The number of carboxylic acids is 1. The Morgan fingerprint density at radius 1 is 1.19 bits per heavy atom. The Hall–Kier alpha value is -1.31. The second kappa shape index (κ2) is 6.64. The second-order valence-corrected chi connectivity index (χ2v) is 8.14. The van der Waals surface area contributed by atoms with Gasteiger partial charge in [-0.05, 0) is 31.6 Å².